The largest absolute Gasteiger partial charge is 0.491 e. The fourth-order valence-electron chi connectivity index (χ4n) is 0.935. The molecule has 0 aliphatic heterocycles. The molecule has 10 heteroatoms. The minimum Gasteiger partial charge on any atom is -0.429 e. The highest BCUT2D eigenvalue weighted by Crippen LogP contribution is 2.20. The van der Waals surface area contributed by atoms with Crippen LogP contribution in [0.25, 0.3) is 0 Å². The number of hydrogen-bond donors (Lipinski definition) is 2. The first kappa shape index (κ1) is 17.9. The van der Waals surface area contributed by atoms with Gasteiger partial charge in [-0.3, -0.25) is 15.3 Å². The van der Waals surface area contributed by atoms with Crippen LogP contribution in [0.4, 0.5) is 13.2 Å². The van der Waals surface area contributed by atoms with Crippen LogP contribution in [0.15, 0.2) is 0 Å². The summed E-state index contributed by atoms with van der Waals surface area (Å²) in [4.78, 5) is 32.8. The van der Waals surface area contributed by atoms with E-state index in [0.717, 1.165) is 11.8 Å². The number of Topliss-reactive ketones (excluding diaryl/α,β-unsaturated/α-hetero) is 1. The van der Waals surface area contributed by atoms with Crippen molar-refractivity contribution in [2.24, 2.45) is 11.5 Å². The molecule has 1 atom stereocenters. The van der Waals surface area contributed by atoms with Gasteiger partial charge in [-0.15, -0.1) is 0 Å². The molecule has 0 spiro atoms. The summed E-state index contributed by atoms with van der Waals surface area (Å²) in [5.74, 6) is -3.56. The maximum atomic E-state index is 12.0. The molecule has 0 heterocycles. The van der Waals surface area contributed by atoms with Gasteiger partial charge in [-0.1, -0.05) is 11.8 Å². The third kappa shape index (κ3) is 6.03. The Kier molecular flexibility index (Phi) is 6.46. The second-order valence-electron chi connectivity index (χ2n) is 3.49. The maximum absolute atomic E-state index is 12.0. The minimum absolute atomic E-state index is 0.0106. The van der Waals surface area contributed by atoms with Crippen molar-refractivity contribution in [1.29, 1.82) is 0 Å². The van der Waals surface area contributed by atoms with E-state index >= 15 is 0 Å². The number of hydrogen-bond acceptors (Lipinski definition) is 7. The van der Waals surface area contributed by atoms with Gasteiger partial charge in [-0.2, -0.15) is 13.2 Å². The quantitative estimate of drug-likeness (QED) is 0.522. The van der Waals surface area contributed by atoms with Crippen LogP contribution < -0.4 is 11.5 Å². The fourth-order valence-corrected chi connectivity index (χ4v) is 1.51. The van der Waals surface area contributed by atoms with Crippen molar-refractivity contribution in [3.63, 3.8) is 0 Å². The first-order chi connectivity index (χ1) is 8.53. The van der Waals surface area contributed by atoms with Crippen LogP contribution in [0.3, 0.4) is 0 Å². The normalized spacial score (nSPS) is 14.6. The lowest BCUT2D eigenvalue weighted by Crippen LogP contribution is -2.58. The van der Waals surface area contributed by atoms with E-state index in [4.69, 9.17) is 11.5 Å². The molecule has 19 heavy (non-hydrogen) atoms. The number of ether oxygens (including phenoxy) is 1. The van der Waals surface area contributed by atoms with E-state index in [1.165, 1.54) is 6.92 Å². The van der Waals surface area contributed by atoms with Crippen molar-refractivity contribution in [3.8, 4) is 0 Å². The zero-order valence-electron chi connectivity index (χ0n) is 9.95. The zero-order chi connectivity index (χ0) is 15.3. The van der Waals surface area contributed by atoms with Gasteiger partial charge in [-0.25, -0.2) is 4.79 Å². The Morgan fingerprint density at radius 2 is 1.79 bits per heavy atom. The first-order valence-corrected chi connectivity index (χ1v) is 5.97. The molecule has 4 N–H and O–H groups in total. The zero-order valence-corrected chi connectivity index (χ0v) is 10.8. The molecule has 0 amide bonds. The van der Waals surface area contributed by atoms with E-state index in [2.05, 4.69) is 4.74 Å². The highest BCUT2D eigenvalue weighted by molar-refractivity contribution is 8.13. The Hall–Kier alpha value is -1.13. The number of thioether (sulfide) groups is 1. The molecular weight excluding hydrogens is 289 g/mol. The summed E-state index contributed by atoms with van der Waals surface area (Å²) in [7, 11) is 0. The monoisotopic (exact) mass is 302 g/mol. The van der Waals surface area contributed by atoms with E-state index in [0.29, 0.717) is 0 Å². The summed E-state index contributed by atoms with van der Waals surface area (Å²) in [5.41, 5.74) is 7.77. The van der Waals surface area contributed by atoms with Gasteiger partial charge in [0.15, 0.2) is 10.9 Å². The summed E-state index contributed by atoms with van der Waals surface area (Å²) in [6.07, 6.45) is -5.61. The summed E-state index contributed by atoms with van der Waals surface area (Å²) in [6, 6.07) is 0. The molecule has 0 aromatic heterocycles. The fraction of sp³-hybridized carbons (Fsp3) is 0.667. The molecule has 0 fully saturated rings. The van der Waals surface area contributed by atoms with E-state index < -0.39 is 30.2 Å². The molecule has 0 aromatic rings. The molecule has 0 aliphatic rings. The Morgan fingerprint density at radius 3 is 2.16 bits per heavy atom. The standard InChI is InChI=1S/C9H13F3N2O4S/c1-5(15)19-3-2-6(16)8(14,4-13)18-7(17)9(10,11)12/h2-4,13-14H2,1H3. The molecule has 6 nitrogen and oxygen atoms in total. The Bertz CT molecular complexity index is 375. The summed E-state index contributed by atoms with van der Waals surface area (Å²) >= 11 is 0.792. The highest BCUT2D eigenvalue weighted by Gasteiger charge is 2.47. The second kappa shape index (κ2) is 6.87. The van der Waals surface area contributed by atoms with Gasteiger partial charge < -0.3 is 10.5 Å². The lowest BCUT2D eigenvalue weighted by Gasteiger charge is -2.26. The predicted octanol–water partition coefficient (Wildman–Crippen LogP) is -0.0555. The van der Waals surface area contributed by atoms with Gasteiger partial charge in [0.25, 0.3) is 0 Å². The Labute approximate surface area is 111 Å². The SMILES string of the molecule is CC(=O)SCCC(=O)C(N)(CN)OC(=O)C(F)(F)F. The van der Waals surface area contributed by atoms with Crippen molar-refractivity contribution in [1.82, 2.24) is 0 Å². The lowest BCUT2D eigenvalue weighted by atomic mass is 10.1. The number of carbonyl (C=O) groups excluding carboxylic acids is 3. The molecule has 0 bridgehead atoms. The average molecular weight is 302 g/mol. The summed E-state index contributed by atoms with van der Waals surface area (Å²) in [5, 5.41) is -0.268. The van der Waals surface area contributed by atoms with Gasteiger partial charge in [0.1, 0.15) is 0 Å². The number of carbonyl (C=O) groups is 3. The van der Waals surface area contributed by atoms with Crippen LogP contribution in [-0.2, 0) is 19.1 Å². The van der Waals surface area contributed by atoms with Gasteiger partial charge in [0.2, 0.25) is 5.72 Å². The van der Waals surface area contributed by atoms with Crippen LogP contribution in [-0.4, -0.2) is 41.1 Å². The number of halogens is 3. The highest BCUT2D eigenvalue weighted by atomic mass is 32.2. The van der Waals surface area contributed by atoms with Crippen molar-refractivity contribution in [2.75, 3.05) is 12.3 Å². The number of ketones is 1. The summed E-state index contributed by atoms with van der Waals surface area (Å²) in [6.45, 7) is 0.468. The number of nitrogens with two attached hydrogens (primary N) is 2. The van der Waals surface area contributed by atoms with Crippen molar-refractivity contribution >= 4 is 28.6 Å². The van der Waals surface area contributed by atoms with Gasteiger partial charge in [-0.05, 0) is 0 Å². The number of alkyl halides is 3. The van der Waals surface area contributed by atoms with Crippen LogP contribution >= 0.6 is 11.8 Å². The molecule has 0 saturated carbocycles. The molecule has 0 radical (unpaired) electrons. The van der Waals surface area contributed by atoms with Crippen molar-refractivity contribution in [2.45, 2.75) is 25.2 Å². The Balaban J connectivity index is 4.63. The van der Waals surface area contributed by atoms with Crippen LogP contribution in [0.5, 0.6) is 0 Å². The topological polar surface area (TPSA) is 112 Å². The second-order valence-corrected chi connectivity index (χ2v) is 4.77. The molecule has 0 aliphatic carbocycles. The third-order valence-electron chi connectivity index (χ3n) is 1.92. The molecule has 0 aromatic carbocycles. The predicted molar refractivity (Wildman–Crippen MR) is 60.9 cm³/mol. The first-order valence-electron chi connectivity index (χ1n) is 4.98. The van der Waals surface area contributed by atoms with Gasteiger partial charge >= 0.3 is 12.1 Å². The number of esters is 1. The molecule has 110 valence electrons. The smallest absolute Gasteiger partial charge is 0.429 e. The molecular formula is C9H13F3N2O4S. The molecule has 1 unspecified atom stereocenters. The van der Waals surface area contributed by atoms with E-state index in [9.17, 15) is 27.6 Å². The maximum Gasteiger partial charge on any atom is 0.491 e. The van der Waals surface area contributed by atoms with E-state index in [-0.39, 0.29) is 17.3 Å². The lowest BCUT2D eigenvalue weighted by molar-refractivity contribution is -0.213. The Morgan fingerprint density at radius 1 is 1.26 bits per heavy atom. The van der Waals surface area contributed by atoms with Crippen LogP contribution in [0, 0.1) is 0 Å². The molecule has 0 rings (SSSR count). The minimum atomic E-state index is -5.27. The van der Waals surface area contributed by atoms with E-state index in [1.54, 1.807) is 0 Å². The van der Waals surface area contributed by atoms with E-state index in [1.807, 2.05) is 0 Å². The van der Waals surface area contributed by atoms with Crippen LogP contribution in [0.1, 0.15) is 13.3 Å². The number of rotatable bonds is 6. The summed E-state index contributed by atoms with van der Waals surface area (Å²) < 4.78 is 39.9. The van der Waals surface area contributed by atoms with Gasteiger partial charge in [0, 0.05) is 19.1 Å². The van der Waals surface area contributed by atoms with Crippen molar-refractivity contribution < 1.29 is 32.3 Å². The third-order valence-corrected chi connectivity index (χ3v) is 2.73. The molecule has 0 saturated heterocycles. The van der Waals surface area contributed by atoms with Gasteiger partial charge in [0.05, 0.1) is 6.54 Å². The van der Waals surface area contributed by atoms with Crippen LogP contribution in [0.2, 0.25) is 0 Å². The average Bonchev–Trinajstić information content (AvgIpc) is 2.26. The van der Waals surface area contributed by atoms with Crippen molar-refractivity contribution in [3.05, 3.63) is 0 Å².